The fraction of sp³-hybridized carbons (Fsp3) is 0.267. The largest absolute Gasteiger partial charge is 0.461 e. The summed E-state index contributed by atoms with van der Waals surface area (Å²) in [5, 5.41) is 5.03. The lowest BCUT2D eigenvalue weighted by Crippen LogP contribution is -2.22. The highest BCUT2D eigenvalue weighted by atomic mass is 32.1. The summed E-state index contributed by atoms with van der Waals surface area (Å²) in [4.78, 5) is 27.6. The smallest absolute Gasteiger partial charge is 0.357 e. The van der Waals surface area contributed by atoms with E-state index in [2.05, 4.69) is 10.3 Å². The Morgan fingerprint density at radius 3 is 2.68 bits per heavy atom. The monoisotopic (exact) mass is 319 g/mol. The predicted molar refractivity (Wildman–Crippen MR) is 83.6 cm³/mol. The highest BCUT2D eigenvalue weighted by molar-refractivity contribution is 7.09. The maximum Gasteiger partial charge on any atom is 0.357 e. The number of hydrogen-bond donors (Lipinski definition) is 2. The third kappa shape index (κ3) is 4.12. The maximum atomic E-state index is 12.0. The summed E-state index contributed by atoms with van der Waals surface area (Å²) in [7, 11) is 0. The van der Waals surface area contributed by atoms with Crippen LogP contribution in [-0.2, 0) is 17.8 Å². The number of rotatable bonds is 6. The summed E-state index contributed by atoms with van der Waals surface area (Å²) in [6.45, 7) is 2.75. The fourth-order valence-corrected chi connectivity index (χ4v) is 2.44. The molecule has 2 aromatic rings. The highest BCUT2D eigenvalue weighted by Crippen LogP contribution is 2.11. The first-order valence-electron chi connectivity index (χ1n) is 6.82. The lowest BCUT2D eigenvalue weighted by Gasteiger charge is -2.04. The lowest BCUT2D eigenvalue weighted by molar-refractivity contribution is 0.0520. The summed E-state index contributed by atoms with van der Waals surface area (Å²) in [5.41, 5.74) is 7.30. The number of hydrogen-bond acceptors (Lipinski definition) is 6. The van der Waals surface area contributed by atoms with Gasteiger partial charge < -0.3 is 15.8 Å². The van der Waals surface area contributed by atoms with Crippen LogP contribution < -0.4 is 11.1 Å². The molecule has 1 amide bonds. The average molecular weight is 319 g/mol. The standard InChI is InChI=1S/C15H17N3O3S/c1-2-21-15(20)12-9-22-13(18-12)8-17-14(19)11-5-3-10(7-16)4-6-11/h3-6,9H,2,7-8,16H2,1H3,(H,17,19). The minimum atomic E-state index is -0.450. The second kappa shape index (κ2) is 7.67. The van der Waals surface area contributed by atoms with Gasteiger partial charge in [0.15, 0.2) is 5.69 Å². The van der Waals surface area contributed by atoms with Crippen LogP contribution in [0.2, 0.25) is 0 Å². The van der Waals surface area contributed by atoms with Crippen molar-refractivity contribution < 1.29 is 14.3 Å². The highest BCUT2D eigenvalue weighted by Gasteiger charge is 2.12. The van der Waals surface area contributed by atoms with Gasteiger partial charge in [0.1, 0.15) is 5.01 Å². The SMILES string of the molecule is CCOC(=O)c1csc(CNC(=O)c2ccc(CN)cc2)n1. The Hall–Kier alpha value is -2.25. The molecule has 2 rings (SSSR count). The minimum Gasteiger partial charge on any atom is -0.461 e. The van der Waals surface area contributed by atoms with Crippen LogP contribution >= 0.6 is 11.3 Å². The molecule has 22 heavy (non-hydrogen) atoms. The summed E-state index contributed by atoms with van der Waals surface area (Å²) in [6, 6.07) is 7.08. The molecular weight excluding hydrogens is 302 g/mol. The number of carbonyl (C=O) groups is 2. The van der Waals surface area contributed by atoms with E-state index >= 15 is 0 Å². The number of nitrogens with zero attached hydrogens (tertiary/aromatic N) is 1. The second-order valence-corrected chi connectivity index (χ2v) is 5.37. The molecule has 116 valence electrons. The molecule has 0 spiro atoms. The first kappa shape index (κ1) is 16.1. The first-order chi connectivity index (χ1) is 10.6. The molecule has 0 saturated heterocycles. The zero-order valence-electron chi connectivity index (χ0n) is 12.2. The van der Waals surface area contributed by atoms with Crippen LogP contribution in [0.15, 0.2) is 29.6 Å². The Balaban J connectivity index is 1.91. The molecule has 0 fully saturated rings. The molecule has 0 aliphatic rings. The van der Waals surface area contributed by atoms with E-state index in [4.69, 9.17) is 10.5 Å². The van der Waals surface area contributed by atoms with Gasteiger partial charge in [0.2, 0.25) is 0 Å². The van der Waals surface area contributed by atoms with E-state index in [9.17, 15) is 9.59 Å². The number of thiazole rings is 1. The van der Waals surface area contributed by atoms with Crippen LogP contribution in [0.4, 0.5) is 0 Å². The zero-order chi connectivity index (χ0) is 15.9. The summed E-state index contributed by atoms with van der Waals surface area (Å²) in [5.74, 6) is -0.648. The van der Waals surface area contributed by atoms with E-state index in [1.54, 1.807) is 24.4 Å². The predicted octanol–water partition coefficient (Wildman–Crippen LogP) is 1.71. The molecule has 0 unspecified atom stereocenters. The van der Waals surface area contributed by atoms with Crippen molar-refractivity contribution in [1.82, 2.24) is 10.3 Å². The van der Waals surface area contributed by atoms with Gasteiger partial charge in [0, 0.05) is 17.5 Å². The van der Waals surface area contributed by atoms with Gasteiger partial charge in [-0.25, -0.2) is 9.78 Å². The summed E-state index contributed by atoms with van der Waals surface area (Å²) < 4.78 is 4.87. The fourth-order valence-electron chi connectivity index (χ4n) is 1.74. The third-order valence-electron chi connectivity index (χ3n) is 2.89. The average Bonchev–Trinajstić information content (AvgIpc) is 3.02. The van der Waals surface area contributed by atoms with E-state index in [1.807, 2.05) is 12.1 Å². The molecule has 0 atom stereocenters. The van der Waals surface area contributed by atoms with Crippen LogP contribution in [-0.4, -0.2) is 23.5 Å². The quantitative estimate of drug-likeness (QED) is 0.790. The number of benzene rings is 1. The van der Waals surface area contributed by atoms with Crippen molar-refractivity contribution in [1.29, 1.82) is 0 Å². The van der Waals surface area contributed by atoms with Crippen LogP contribution in [0.25, 0.3) is 0 Å². The number of amides is 1. The maximum absolute atomic E-state index is 12.0. The molecule has 1 aromatic carbocycles. The Kier molecular flexibility index (Phi) is 5.62. The first-order valence-corrected chi connectivity index (χ1v) is 7.70. The van der Waals surface area contributed by atoms with Crippen molar-refractivity contribution in [2.24, 2.45) is 5.73 Å². The number of ether oxygens (including phenoxy) is 1. The molecule has 0 saturated carbocycles. The molecule has 0 bridgehead atoms. The van der Waals surface area contributed by atoms with Gasteiger partial charge in [0.25, 0.3) is 5.91 Å². The molecule has 0 aliphatic heterocycles. The van der Waals surface area contributed by atoms with Gasteiger partial charge in [-0.1, -0.05) is 12.1 Å². The normalized spacial score (nSPS) is 10.3. The van der Waals surface area contributed by atoms with E-state index < -0.39 is 5.97 Å². The number of nitrogens with two attached hydrogens (primary N) is 1. The molecule has 7 heteroatoms. The van der Waals surface area contributed by atoms with Crippen molar-refractivity contribution in [2.45, 2.75) is 20.0 Å². The molecular formula is C15H17N3O3S. The molecule has 0 radical (unpaired) electrons. The van der Waals surface area contributed by atoms with Gasteiger partial charge in [-0.05, 0) is 24.6 Å². The summed E-state index contributed by atoms with van der Waals surface area (Å²) in [6.07, 6.45) is 0. The van der Waals surface area contributed by atoms with Crippen LogP contribution in [0.5, 0.6) is 0 Å². The van der Waals surface area contributed by atoms with Crippen molar-refractivity contribution in [3.8, 4) is 0 Å². The van der Waals surface area contributed by atoms with Crippen LogP contribution in [0.3, 0.4) is 0 Å². The Bertz CT molecular complexity index is 652. The Labute approximate surface area is 132 Å². The van der Waals surface area contributed by atoms with Crippen molar-refractivity contribution >= 4 is 23.2 Å². The third-order valence-corrected chi connectivity index (χ3v) is 3.74. The van der Waals surface area contributed by atoms with Gasteiger partial charge in [-0.2, -0.15) is 0 Å². The van der Waals surface area contributed by atoms with Gasteiger partial charge in [-0.15, -0.1) is 11.3 Å². The Morgan fingerprint density at radius 1 is 1.32 bits per heavy atom. The topological polar surface area (TPSA) is 94.3 Å². The molecule has 1 heterocycles. The van der Waals surface area contributed by atoms with Crippen molar-refractivity contribution in [2.75, 3.05) is 6.61 Å². The molecule has 1 aromatic heterocycles. The second-order valence-electron chi connectivity index (χ2n) is 4.43. The molecule has 0 aliphatic carbocycles. The molecule has 3 N–H and O–H groups in total. The molecule has 6 nitrogen and oxygen atoms in total. The zero-order valence-corrected chi connectivity index (χ0v) is 13.0. The number of carbonyl (C=O) groups excluding carboxylic acids is 2. The van der Waals surface area contributed by atoms with Gasteiger partial charge in [0.05, 0.1) is 13.2 Å². The Morgan fingerprint density at radius 2 is 2.05 bits per heavy atom. The summed E-state index contributed by atoms with van der Waals surface area (Å²) >= 11 is 1.30. The number of esters is 1. The van der Waals surface area contributed by atoms with Crippen molar-refractivity contribution in [3.05, 3.63) is 51.5 Å². The van der Waals surface area contributed by atoms with E-state index in [-0.39, 0.29) is 18.1 Å². The lowest BCUT2D eigenvalue weighted by atomic mass is 10.1. The minimum absolute atomic E-state index is 0.198. The van der Waals surface area contributed by atoms with Gasteiger partial charge >= 0.3 is 5.97 Å². The van der Waals surface area contributed by atoms with E-state index in [0.29, 0.717) is 23.7 Å². The van der Waals surface area contributed by atoms with Gasteiger partial charge in [-0.3, -0.25) is 4.79 Å². The van der Waals surface area contributed by atoms with E-state index in [0.717, 1.165) is 5.56 Å². The number of nitrogens with one attached hydrogen (secondary N) is 1. The van der Waals surface area contributed by atoms with Crippen LogP contribution in [0, 0.1) is 0 Å². The van der Waals surface area contributed by atoms with Crippen molar-refractivity contribution in [3.63, 3.8) is 0 Å². The van der Waals surface area contributed by atoms with E-state index in [1.165, 1.54) is 11.3 Å². The number of aromatic nitrogens is 1. The van der Waals surface area contributed by atoms with Crippen LogP contribution in [0.1, 0.15) is 38.3 Å².